The van der Waals surface area contributed by atoms with E-state index >= 15 is 0 Å². The zero-order valence-electron chi connectivity index (χ0n) is 21.5. The van der Waals surface area contributed by atoms with Gasteiger partial charge in [0.2, 0.25) is 0 Å². The summed E-state index contributed by atoms with van der Waals surface area (Å²) < 4.78 is 41.1. The van der Waals surface area contributed by atoms with Gasteiger partial charge < -0.3 is 14.6 Å². The number of nitrogens with one attached hydrogen (secondary N) is 1. The Morgan fingerprint density at radius 3 is 2.05 bits per heavy atom. The Kier molecular flexibility index (Phi) is 8.69. The Morgan fingerprint density at radius 1 is 0.795 bits per heavy atom. The fourth-order valence-corrected chi connectivity index (χ4v) is 6.70. The van der Waals surface area contributed by atoms with E-state index in [-0.39, 0.29) is 29.6 Å². The summed E-state index contributed by atoms with van der Waals surface area (Å²) in [5, 5.41) is 9.46. The molecule has 0 saturated carbocycles. The van der Waals surface area contributed by atoms with E-state index in [2.05, 4.69) is 23.8 Å². The lowest BCUT2D eigenvalue weighted by Gasteiger charge is -2.41. The lowest BCUT2D eigenvalue weighted by atomic mass is 9.91. The highest BCUT2D eigenvalue weighted by atomic mass is 32.2. The van der Waals surface area contributed by atoms with Crippen molar-refractivity contribution in [2.75, 3.05) is 10.5 Å². The van der Waals surface area contributed by atoms with Crippen LogP contribution >= 0.6 is 11.8 Å². The van der Waals surface area contributed by atoms with Crippen LogP contribution in [0.25, 0.3) is 0 Å². The Balaban J connectivity index is 1.36. The van der Waals surface area contributed by atoms with Crippen molar-refractivity contribution in [2.45, 2.75) is 41.8 Å². The maximum atomic E-state index is 12.7. The molecule has 0 aromatic heterocycles. The Hall–Kier alpha value is -3.14. The lowest BCUT2D eigenvalue weighted by molar-refractivity contribution is -0.268. The van der Waals surface area contributed by atoms with Gasteiger partial charge in [-0.25, -0.2) is 8.42 Å². The molecule has 6 nitrogen and oxygen atoms in total. The fourth-order valence-electron chi connectivity index (χ4n) is 4.53. The van der Waals surface area contributed by atoms with E-state index in [1.165, 1.54) is 4.90 Å². The highest BCUT2D eigenvalue weighted by Crippen LogP contribution is 2.43. The van der Waals surface area contributed by atoms with Gasteiger partial charge in [0.25, 0.3) is 10.0 Å². The van der Waals surface area contributed by atoms with Crippen molar-refractivity contribution in [1.82, 2.24) is 0 Å². The minimum atomic E-state index is -3.68. The number of aliphatic hydroxyl groups is 1. The third-order valence-electron chi connectivity index (χ3n) is 6.77. The summed E-state index contributed by atoms with van der Waals surface area (Å²) in [4.78, 5) is 1.38. The summed E-state index contributed by atoms with van der Waals surface area (Å²) in [7, 11) is -3.68. The molecule has 202 valence electrons. The monoisotopic (exact) mass is 561 g/mol. The topological polar surface area (TPSA) is 84.9 Å². The Bertz CT molecular complexity index is 1450. The molecule has 1 aliphatic rings. The largest absolute Gasteiger partial charge is 0.392 e. The van der Waals surface area contributed by atoms with Crippen molar-refractivity contribution in [3.8, 4) is 0 Å². The van der Waals surface area contributed by atoms with Crippen molar-refractivity contribution in [3.63, 3.8) is 0 Å². The van der Waals surface area contributed by atoms with Gasteiger partial charge in [-0.15, -0.1) is 11.8 Å². The highest BCUT2D eigenvalue weighted by Gasteiger charge is 2.38. The molecule has 0 aliphatic carbocycles. The second kappa shape index (κ2) is 12.4. The number of anilines is 1. The lowest BCUT2D eigenvalue weighted by Crippen LogP contribution is -2.38. The van der Waals surface area contributed by atoms with Gasteiger partial charge in [-0.2, -0.15) is 0 Å². The molecule has 4 atom stereocenters. The number of benzene rings is 4. The molecular formula is C31H31NO5S2. The number of aliphatic hydroxyl groups excluding tert-OH is 1. The highest BCUT2D eigenvalue weighted by molar-refractivity contribution is 7.99. The van der Waals surface area contributed by atoms with Gasteiger partial charge >= 0.3 is 0 Å². The summed E-state index contributed by atoms with van der Waals surface area (Å²) >= 11 is 1.75. The van der Waals surface area contributed by atoms with E-state index < -0.39 is 16.3 Å². The maximum absolute atomic E-state index is 12.7. The van der Waals surface area contributed by atoms with E-state index in [0.717, 1.165) is 22.4 Å². The molecule has 2 N–H and O–H groups in total. The summed E-state index contributed by atoms with van der Waals surface area (Å²) in [6.45, 7) is 2.13. The maximum Gasteiger partial charge on any atom is 0.261 e. The molecule has 39 heavy (non-hydrogen) atoms. The molecule has 1 heterocycles. The number of hydrogen-bond acceptors (Lipinski definition) is 6. The smallest absolute Gasteiger partial charge is 0.261 e. The van der Waals surface area contributed by atoms with Crippen molar-refractivity contribution >= 4 is 27.5 Å². The van der Waals surface area contributed by atoms with Crippen molar-refractivity contribution in [3.05, 3.63) is 126 Å². The molecule has 1 fully saturated rings. The molecule has 1 saturated heterocycles. The number of rotatable bonds is 9. The molecule has 4 aromatic carbocycles. The molecule has 0 unspecified atom stereocenters. The number of ether oxygens (including phenoxy) is 2. The van der Waals surface area contributed by atoms with Crippen LogP contribution in [0.4, 0.5) is 5.69 Å². The standard InChI is InChI=1S/C31H31NO5S2/c1-22-29(21-38-27-8-4-2-5-9-27)36-31(37-30(22)24-14-12-23(20-33)13-15-24)25-16-18-26(19-17-25)32-39(34,35)28-10-6-3-7-11-28/h2-19,22,29-33H,20-21H2,1H3/t22-,29+,30+,31+/m0/s1. The van der Waals surface area contributed by atoms with Gasteiger partial charge in [-0.1, -0.05) is 79.7 Å². The first-order chi connectivity index (χ1) is 18.9. The van der Waals surface area contributed by atoms with Crippen LogP contribution in [-0.2, 0) is 26.1 Å². The zero-order chi connectivity index (χ0) is 27.2. The number of sulfonamides is 1. The molecule has 0 spiro atoms. The third-order valence-corrected chi connectivity index (χ3v) is 9.27. The molecule has 5 rings (SSSR count). The van der Waals surface area contributed by atoms with Crippen molar-refractivity contribution in [1.29, 1.82) is 0 Å². The predicted molar refractivity (Wildman–Crippen MR) is 154 cm³/mol. The van der Waals surface area contributed by atoms with Crippen LogP contribution < -0.4 is 4.72 Å². The number of thioether (sulfide) groups is 1. The molecular weight excluding hydrogens is 530 g/mol. The SMILES string of the molecule is C[C@H]1[C@@H](CSc2ccccc2)O[C@@H](c2ccc(NS(=O)(=O)c3ccccc3)cc2)O[C@H]1c1ccc(CO)cc1. The fraction of sp³-hybridized carbons (Fsp3) is 0.226. The summed E-state index contributed by atoms with van der Waals surface area (Å²) in [5.41, 5.74) is 3.13. The molecule has 1 aliphatic heterocycles. The van der Waals surface area contributed by atoms with E-state index in [0.29, 0.717) is 5.69 Å². The van der Waals surface area contributed by atoms with Gasteiger partial charge in [0.05, 0.1) is 23.7 Å². The van der Waals surface area contributed by atoms with Crippen LogP contribution in [0.5, 0.6) is 0 Å². The van der Waals surface area contributed by atoms with Crippen molar-refractivity contribution in [2.24, 2.45) is 5.92 Å². The first-order valence-electron chi connectivity index (χ1n) is 12.8. The van der Waals surface area contributed by atoms with Crippen LogP contribution in [0.3, 0.4) is 0 Å². The quantitative estimate of drug-likeness (QED) is 0.225. The Morgan fingerprint density at radius 2 is 1.41 bits per heavy atom. The Labute approximate surface area is 234 Å². The minimum Gasteiger partial charge on any atom is -0.392 e. The molecule has 0 amide bonds. The van der Waals surface area contributed by atoms with Crippen LogP contribution in [0.2, 0.25) is 0 Å². The molecule has 0 bridgehead atoms. The first kappa shape index (κ1) is 27.4. The van der Waals surface area contributed by atoms with Crippen LogP contribution in [0.1, 0.15) is 36.0 Å². The number of hydrogen-bond donors (Lipinski definition) is 2. The zero-order valence-corrected chi connectivity index (χ0v) is 23.1. The predicted octanol–water partition coefficient (Wildman–Crippen LogP) is 6.56. The summed E-state index contributed by atoms with van der Waals surface area (Å²) in [6, 6.07) is 33.4. The van der Waals surface area contributed by atoms with Crippen LogP contribution in [0.15, 0.2) is 119 Å². The van der Waals surface area contributed by atoms with Gasteiger partial charge in [0.15, 0.2) is 6.29 Å². The van der Waals surface area contributed by atoms with E-state index in [1.54, 1.807) is 54.2 Å². The van der Waals surface area contributed by atoms with Gasteiger partial charge in [0.1, 0.15) is 0 Å². The minimum absolute atomic E-state index is 0.0101. The van der Waals surface area contributed by atoms with Crippen LogP contribution in [-0.4, -0.2) is 25.4 Å². The van der Waals surface area contributed by atoms with Crippen LogP contribution in [0, 0.1) is 5.92 Å². The molecule has 4 aromatic rings. The van der Waals surface area contributed by atoms with E-state index in [4.69, 9.17) is 9.47 Å². The van der Waals surface area contributed by atoms with Crippen molar-refractivity contribution < 1.29 is 23.0 Å². The molecule has 0 radical (unpaired) electrons. The van der Waals surface area contributed by atoms with Gasteiger partial charge in [-0.3, -0.25) is 4.72 Å². The molecule has 8 heteroatoms. The first-order valence-corrected chi connectivity index (χ1v) is 15.3. The third kappa shape index (κ3) is 6.72. The van der Waals surface area contributed by atoms with E-state index in [9.17, 15) is 13.5 Å². The summed E-state index contributed by atoms with van der Waals surface area (Å²) in [6.07, 6.45) is -0.924. The summed E-state index contributed by atoms with van der Waals surface area (Å²) in [5.74, 6) is 0.833. The second-order valence-corrected chi connectivity index (χ2v) is 12.3. The normalized spacial score (nSPS) is 21.4. The van der Waals surface area contributed by atoms with E-state index in [1.807, 2.05) is 54.6 Å². The van der Waals surface area contributed by atoms with Gasteiger partial charge in [-0.05, 0) is 47.5 Å². The van der Waals surface area contributed by atoms with Gasteiger partial charge in [0, 0.05) is 27.8 Å². The second-order valence-electron chi connectivity index (χ2n) is 9.49. The average Bonchev–Trinajstić information content (AvgIpc) is 2.98. The average molecular weight is 562 g/mol.